The van der Waals surface area contributed by atoms with Crippen LogP contribution in [-0.2, 0) is 9.53 Å². The maximum absolute atomic E-state index is 13.4. The van der Waals surface area contributed by atoms with E-state index in [-0.39, 0.29) is 30.7 Å². The number of hydrogen-bond acceptors (Lipinski definition) is 8. The SMILES string of the molecule is O=C(CSc1nnc(NC2CCCCC2)s1)OCCOc1ccccc1F. The molecule has 1 aromatic heterocycles. The van der Waals surface area contributed by atoms with E-state index in [2.05, 4.69) is 15.5 Å². The number of nitrogens with zero attached hydrogens (tertiary/aromatic N) is 2. The molecule has 6 nitrogen and oxygen atoms in total. The maximum Gasteiger partial charge on any atom is 0.316 e. The number of carbonyl (C=O) groups is 1. The van der Waals surface area contributed by atoms with Gasteiger partial charge in [0.15, 0.2) is 15.9 Å². The molecule has 3 rings (SSSR count). The van der Waals surface area contributed by atoms with E-state index >= 15 is 0 Å². The van der Waals surface area contributed by atoms with E-state index in [9.17, 15) is 9.18 Å². The number of ether oxygens (including phenoxy) is 2. The van der Waals surface area contributed by atoms with Crippen LogP contribution in [0.25, 0.3) is 0 Å². The summed E-state index contributed by atoms with van der Waals surface area (Å²) in [5.41, 5.74) is 0. The lowest BCUT2D eigenvalue weighted by atomic mass is 9.96. The largest absolute Gasteiger partial charge is 0.487 e. The van der Waals surface area contributed by atoms with E-state index in [0.717, 1.165) is 9.47 Å². The Morgan fingerprint density at radius 2 is 2.04 bits per heavy atom. The van der Waals surface area contributed by atoms with Crippen molar-refractivity contribution < 1.29 is 18.7 Å². The molecule has 0 bridgehead atoms. The summed E-state index contributed by atoms with van der Waals surface area (Å²) >= 11 is 2.75. The van der Waals surface area contributed by atoms with Crippen molar-refractivity contribution >= 4 is 34.2 Å². The normalized spacial score (nSPS) is 14.7. The highest BCUT2D eigenvalue weighted by atomic mass is 32.2. The van der Waals surface area contributed by atoms with E-state index < -0.39 is 5.82 Å². The van der Waals surface area contributed by atoms with Crippen LogP contribution in [0.4, 0.5) is 9.52 Å². The van der Waals surface area contributed by atoms with Crippen molar-refractivity contribution in [3.8, 4) is 5.75 Å². The molecule has 1 aromatic carbocycles. The van der Waals surface area contributed by atoms with Crippen LogP contribution < -0.4 is 10.1 Å². The van der Waals surface area contributed by atoms with Crippen LogP contribution in [0, 0.1) is 5.82 Å². The number of aromatic nitrogens is 2. The molecule has 1 aliphatic rings. The molecular formula is C18H22FN3O3S2. The first-order chi connectivity index (χ1) is 13.2. The van der Waals surface area contributed by atoms with Gasteiger partial charge in [-0.3, -0.25) is 4.79 Å². The van der Waals surface area contributed by atoms with Crippen LogP contribution in [0.5, 0.6) is 5.75 Å². The van der Waals surface area contributed by atoms with Crippen LogP contribution in [0.1, 0.15) is 32.1 Å². The van der Waals surface area contributed by atoms with Crippen molar-refractivity contribution in [2.45, 2.75) is 42.5 Å². The number of para-hydroxylation sites is 1. The first kappa shape index (κ1) is 19.9. The fraction of sp³-hybridized carbons (Fsp3) is 0.500. The van der Waals surface area contributed by atoms with Crippen LogP contribution in [-0.4, -0.2) is 41.2 Å². The standard InChI is InChI=1S/C18H22FN3O3S2/c19-14-8-4-5-9-15(14)24-10-11-25-16(23)12-26-18-22-21-17(27-18)20-13-6-2-1-3-7-13/h4-5,8-9,13H,1-3,6-7,10-12H2,(H,20,21). The van der Waals surface area contributed by atoms with Gasteiger partial charge >= 0.3 is 5.97 Å². The third kappa shape index (κ3) is 6.66. The summed E-state index contributed by atoms with van der Waals surface area (Å²) in [6.07, 6.45) is 6.16. The minimum atomic E-state index is -0.437. The number of halogens is 1. The molecule has 146 valence electrons. The summed E-state index contributed by atoms with van der Waals surface area (Å²) in [6.45, 7) is 0.171. The third-order valence-electron chi connectivity index (χ3n) is 4.09. The predicted molar refractivity (Wildman–Crippen MR) is 104 cm³/mol. The Balaban J connectivity index is 1.31. The van der Waals surface area contributed by atoms with E-state index in [1.54, 1.807) is 12.1 Å². The molecule has 0 amide bonds. The Morgan fingerprint density at radius 1 is 1.22 bits per heavy atom. The summed E-state index contributed by atoms with van der Waals surface area (Å²) in [4.78, 5) is 11.8. The van der Waals surface area contributed by atoms with E-state index in [0.29, 0.717) is 6.04 Å². The molecule has 1 N–H and O–H groups in total. The topological polar surface area (TPSA) is 73.3 Å². The van der Waals surface area contributed by atoms with Gasteiger partial charge in [0.1, 0.15) is 13.2 Å². The molecule has 0 atom stereocenters. The molecule has 0 radical (unpaired) electrons. The molecule has 2 aromatic rings. The van der Waals surface area contributed by atoms with Crippen molar-refractivity contribution in [3.05, 3.63) is 30.1 Å². The van der Waals surface area contributed by atoms with Gasteiger partial charge in [-0.1, -0.05) is 54.5 Å². The summed E-state index contributed by atoms with van der Waals surface area (Å²) in [7, 11) is 0. The molecule has 1 fully saturated rings. The number of anilines is 1. The molecule has 27 heavy (non-hydrogen) atoms. The number of carbonyl (C=O) groups excluding carboxylic acids is 1. The van der Waals surface area contributed by atoms with Crippen molar-refractivity contribution in [2.24, 2.45) is 0 Å². The summed E-state index contributed by atoms with van der Waals surface area (Å²) < 4.78 is 24.4. The zero-order chi connectivity index (χ0) is 18.9. The van der Waals surface area contributed by atoms with Gasteiger partial charge in [0, 0.05) is 6.04 Å². The second-order valence-electron chi connectivity index (χ2n) is 6.14. The Bertz CT molecular complexity index is 738. The molecule has 1 aliphatic carbocycles. The molecule has 0 unspecified atom stereocenters. The van der Waals surface area contributed by atoms with Crippen molar-refractivity contribution in [1.82, 2.24) is 10.2 Å². The molecule has 9 heteroatoms. The number of hydrogen-bond donors (Lipinski definition) is 1. The number of benzene rings is 1. The first-order valence-corrected chi connectivity index (χ1v) is 10.8. The summed E-state index contributed by atoms with van der Waals surface area (Å²) in [5.74, 6) is -0.505. The van der Waals surface area contributed by atoms with Gasteiger partial charge in [-0.05, 0) is 25.0 Å². The van der Waals surface area contributed by atoms with Crippen LogP contribution in [0.2, 0.25) is 0 Å². The van der Waals surface area contributed by atoms with Gasteiger partial charge in [0.25, 0.3) is 0 Å². The van der Waals surface area contributed by atoms with Crippen LogP contribution in [0.15, 0.2) is 28.6 Å². The highest BCUT2D eigenvalue weighted by molar-refractivity contribution is 8.01. The lowest BCUT2D eigenvalue weighted by Gasteiger charge is -2.21. The zero-order valence-corrected chi connectivity index (χ0v) is 16.5. The molecule has 1 saturated carbocycles. The second-order valence-corrected chi connectivity index (χ2v) is 8.34. The van der Waals surface area contributed by atoms with Crippen LogP contribution in [0.3, 0.4) is 0 Å². The predicted octanol–water partition coefficient (Wildman–Crippen LogP) is 4.14. The van der Waals surface area contributed by atoms with Crippen molar-refractivity contribution in [2.75, 3.05) is 24.3 Å². The Morgan fingerprint density at radius 3 is 2.85 bits per heavy atom. The number of esters is 1. The Labute approximate surface area is 165 Å². The lowest BCUT2D eigenvalue weighted by Crippen LogP contribution is -2.21. The highest BCUT2D eigenvalue weighted by Gasteiger charge is 2.15. The second kappa shape index (κ2) is 10.5. The molecule has 0 saturated heterocycles. The Kier molecular flexibility index (Phi) is 7.70. The molecule has 0 aliphatic heterocycles. The molecule has 1 heterocycles. The smallest absolute Gasteiger partial charge is 0.316 e. The molecule has 0 spiro atoms. The average molecular weight is 412 g/mol. The summed E-state index contributed by atoms with van der Waals surface area (Å²) in [5, 5.41) is 12.4. The van der Waals surface area contributed by atoms with Gasteiger partial charge in [-0.25, -0.2) is 4.39 Å². The maximum atomic E-state index is 13.4. The average Bonchev–Trinajstić information content (AvgIpc) is 3.13. The fourth-order valence-corrected chi connectivity index (χ4v) is 4.41. The van der Waals surface area contributed by atoms with Gasteiger partial charge in [0.05, 0.1) is 5.75 Å². The molecular weight excluding hydrogens is 389 g/mol. The van der Waals surface area contributed by atoms with Gasteiger partial charge < -0.3 is 14.8 Å². The Hall–Kier alpha value is -1.87. The zero-order valence-electron chi connectivity index (χ0n) is 14.9. The number of thioether (sulfide) groups is 1. The fourth-order valence-electron chi connectivity index (χ4n) is 2.78. The monoisotopic (exact) mass is 411 g/mol. The van der Waals surface area contributed by atoms with Gasteiger partial charge in [-0.2, -0.15) is 0 Å². The summed E-state index contributed by atoms with van der Waals surface area (Å²) in [6, 6.07) is 6.59. The van der Waals surface area contributed by atoms with E-state index in [1.165, 1.54) is 67.3 Å². The number of rotatable bonds is 9. The van der Waals surface area contributed by atoms with Gasteiger partial charge in [-0.15, -0.1) is 10.2 Å². The van der Waals surface area contributed by atoms with Crippen molar-refractivity contribution in [1.29, 1.82) is 0 Å². The quantitative estimate of drug-likeness (QED) is 0.378. The minimum Gasteiger partial charge on any atom is -0.487 e. The van der Waals surface area contributed by atoms with Crippen LogP contribution >= 0.6 is 23.1 Å². The van der Waals surface area contributed by atoms with Crippen molar-refractivity contribution in [3.63, 3.8) is 0 Å². The van der Waals surface area contributed by atoms with Gasteiger partial charge in [0.2, 0.25) is 5.13 Å². The van der Waals surface area contributed by atoms with E-state index in [4.69, 9.17) is 9.47 Å². The van der Waals surface area contributed by atoms with E-state index in [1.807, 2.05) is 0 Å². The number of nitrogens with one attached hydrogen (secondary N) is 1. The highest BCUT2D eigenvalue weighted by Crippen LogP contribution is 2.28. The first-order valence-electron chi connectivity index (χ1n) is 8.96. The lowest BCUT2D eigenvalue weighted by molar-refractivity contribution is -0.141. The third-order valence-corrected chi connectivity index (χ3v) is 6.05. The minimum absolute atomic E-state index is 0.0678.